The van der Waals surface area contributed by atoms with Crippen LogP contribution in [0.15, 0.2) is 52.6 Å². The van der Waals surface area contributed by atoms with E-state index in [4.69, 9.17) is 23.2 Å². The van der Waals surface area contributed by atoms with E-state index in [1.807, 2.05) is 58.7 Å². The Morgan fingerprint density at radius 1 is 1.16 bits per heavy atom. The molecule has 0 aliphatic carbocycles. The van der Waals surface area contributed by atoms with Gasteiger partial charge in [0.15, 0.2) is 0 Å². The van der Waals surface area contributed by atoms with E-state index in [2.05, 4.69) is 14.7 Å². The summed E-state index contributed by atoms with van der Waals surface area (Å²) in [4.78, 5) is 4.49. The summed E-state index contributed by atoms with van der Waals surface area (Å²) in [7, 11) is 5.45. The molecule has 0 aliphatic rings. The number of nitrogens with zero attached hydrogens (tertiary/aromatic N) is 5. The van der Waals surface area contributed by atoms with Crippen LogP contribution in [-0.4, -0.2) is 50.3 Å². The number of allylic oxidation sites excluding steroid dienone is 2. The number of aromatic nitrogens is 2. The number of hydrogen-bond acceptors (Lipinski definition) is 5. The van der Waals surface area contributed by atoms with Crippen LogP contribution in [0.25, 0.3) is 0 Å². The summed E-state index contributed by atoms with van der Waals surface area (Å²) in [6.45, 7) is 4.77. The van der Waals surface area contributed by atoms with Gasteiger partial charge in [-0.25, -0.2) is 4.98 Å². The van der Waals surface area contributed by atoms with Crippen molar-refractivity contribution in [3.05, 3.63) is 58.2 Å². The average Bonchev–Trinajstić information content (AvgIpc) is 3.23. The first-order valence-electron chi connectivity index (χ1n) is 10.7. The Kier molecular flexibility index (Phi) is 10.9. The number of benzene rings is 1. The van der Waals surface area contributed by atoms with E-state index >= 15 is 0 Å². The van der Waals surface area contributed by atoms with Crippen LogP contribution in [0.1, 0.15) is 45.1 Å². The highest BCUT2D eigenvalue weighted by molar-refractivity contribution is 7.89. The normalized spacial score (nSPS) is 13.4. The van der Waals surface area contributed by atoms with Gasteiger partial charge in [-0.3, -0.25) is 0 Å². The lowest BCUT2D eigenvalue weighted by molar-refractivity contribution is 0.435. The molecule has 1 heterocycles. The van der Waals surface area contributed by atoms with E-state index in [-0.39, 0.29) is 0 Å². The lowest BCUT2D eigenvalue weighted by Crippen LogP contribution is -2.30. The molecule has 9 heteroatoms. The first-order chi connectivity index (χ1) is 15.2. The summed E-state index contributed by atoms with van der Waals surface area (Å²) in [5, 5.41) is 6.97. The Morgan fingerprint density at radius 3 is 2.38 bits per heavy atom. The highest BCUT2D eigenvalue weighted by Gasteiger charge is 2.28. The SMILES string of the molecule is C/C=C(/C(C)=N\N(C)C)N(C)[S+]([O-])c1c(Cl)cc(CCCCCCn2ccnc2)cc1Cl. The van der Waals surface area contributed by atoms with Gasteiger partial charge in [-0.2, -0.15) is 9.41 Å². The van der Waals surface area contributed by atoms with Crippen molar-refractivity contribution >= 4 is 40.3 Å². The minimum Gasteiger partial charge on any atom is -0.588 e. The predicted octanol–water partition coefficient (Wildman–Crippen LogP) is 5.79. The van der Waals surface area contributed by atoms with Crippen LogP contribution >= 0.6 is 23.2 Å². The molecule has 0 N–H and O–H groups in total. The molecule has 0 bridgehead atoms. The van der Waals surface area contributed by atoms with Crippen molar-refractivity contribution in [2.24, 2.45) is 5.10 Å². The standard InChI is InChI=1S/C23H33Cl2N5OS/c1-6-22(18(2)27-28(3)4)29(5)32(31)23-20(24)15-19(16-21(23)25)11-9-7-8-10-13-30-14-12-26-17-30/h6,12,14-17H,7-11,13H2,1-5H3/b22-6-,27-18-. The quantitative estimate of drug-likeness (QED) is 0.161. The maximum Gasteiger partial charge on any atom is 0.217 e. The Labute approximate surface area is 205 Å². The number of aryl methyl sites for hydroxylation is 2. The molecule has 2 rings (SSSR count). The molecule has 2 aromatic rings. The Balaban J connectivity index is 1.97. The van der Waals surface area contributed by atoms with Crippen LogP contribution in [0, 0.1) is 0 Å². The van der Waals surface area contributed by atoms with E-state index in [1.165, 1.54) is 0 Å². The summed E-state index contributed by atoms with van der Waals surface area (Å²) in [6.07, 6.45) is 12.9. The maximum atomic E-state index is 13.3. The number of hydrazone groups is 1. The van der Waals surface area contributed by atoms with E-state index < -0.39 is 11.4 Å². The number of imidazole rings is 1. The Bertz CT molecular complexity index is 892. The van der Waals surface area contributed by atoms with E-state index in [0.717, 1.165) is 55.6 Å². The third kappa shape index (κ3) is 7.73. The summed E-state index contributed by atoms with van der Waals surface area (Å²) in [5.41, 5.74) is 2.57. The van der Waals surface area contributed by atoms with Gasteiger partial charge in [-0.15, -0.1) is 0 Å². The third-order valence-corrected chi connectivity index (χ3v) is 7.31. The van der Waals surface area contributed by atoms with Crippen LogP contribution in [0.3, 0.4) is 0 Å². The van der Waals surface area contributed by atoms with Crippen molar-refractivity contribution in [1.29, 1.82) is 0 Å². The van der Waals surface area contributed by atoms with Gasteiger partial charge in [0, 0.05) is 33.0 Å². The topological polar surface area (TPSA) is 59.7 Å². The van der Waals surface area contributed by atoms with Crippen molar-refractivity contribution in [1.82, 2.24) is 18.9 Å². The second kappa shape index (κ2) is 13.1. The Morgan fingerprint density at radius 2 is 1.81 bits per heavy atom. The van der Waals surface area contributed by atoms with Gasteiger partial charge >= 0.3 is 0 Å². The van der Waals surface area contributed by atoms with Crippen LogP contribution in [-0.2, 0) is 24.3 Å². The first-order valence-corrected chi connectivity index (χ1v) is 12.6. The lowest BCUT2D eigenvalue weighted by Gasteiger charge is -2.25. The Hall–Kier alpha value is -1.67. The van der Waals surface area contributed by atoms with Crippen LogP contribution < -0.4 is 0 Å². The second-order valence-corrected chi connectivity index (χ2v) is 10.1. The molecular weight excluding hydrogens is 465 g/mol. The number of hydrogen-bond donors (Lipinski definition) is 0. The average molecular weight is 499 g/mol. The molecule has 6 nitrogen and oxygen atoms in total. The zero-order valence-electron chi connectivity index (χ0n) is 19.5. The van der Waals surface area contributed by atoms with Crippen molar-refractivity contribution in [2.75, 3.05) is 21.1 Å². The smallest absolute Gasteiger partial charge is 0.217 e. The first kappa shape index (κ1) is 26.6. The van der Waals surface area contributed by atoms with E-state index in [9.17, 15) is 4.55 Å². The van der Waals surface area contributed by atoms with Crippen molar-refractivity contribution < 1.29 is 4.55 Å². The molecule has 32 heavy (non-hydrogen) atoms. The highest BCUT2D eigenvalue weighted by Crippen LogP contribution is 2.34. The zero-order chi connectivity index (χ0) is 23.7. The van der Waals surface area contributed by atoms with Gasteiger partial charge in [-0.05, 0) is 50.8 Å². The summed E-state index contributed by atoms with van der Waals surface area (Å²) in [5.74, 6) is 0. The molecule has 1 aromatic carbocycles. The summed E-state index contributed by atoms with van der Waals surface area (Å²) in [6, 6.07) is 3.77. The molecule has 176 valence electrons. The molecule has 1 aromatic heterocycles. The molecule has 0 saturated carbocycles. The monoisotopic (exact) mass is 497 g/mol. The molecule has 0 amide bonds. The highest BCUT2D eigenvalue weighted by atomic mass is 35.5. The van der Waals surface area contributed by atoms with Crippen LogP contribution in [0.2, 0.25) is 10.0 Å². The number of halogens is 2. The molecule has 0 fully saturated rings. The van der Waals surface area contributed by atoms with Crippen molar-refractivity contribution in [2.45, 2.75) is 57.4 Å². The fourth-order valence-electron chi connectivity index (χ4n) is 3.52. The largest absolute Gasteiger partial charge is 0.588 e. The van der Waals surface area contributed by atoms with Gasteiger partial charge in [0.2, 0.25) is 4.90 Å². The van der Waals surface area contributed by atoms with Gasteiger partial charge in [0.25, 0.3) is 0 Å². The van der Waals surface area contributed by atoms with Crippen molar-refractivity contribution in [3.63, 3.8) is 0 Å². The fourth-order valence-corrected chi connectivity index (χ4v) is 5.59. The van der Waals surface area contributed by atoms with Gasteiger partial charge < -0.3 is 14.1 Å². The molecule has 1 atom stereocenters. The van der Waals surface area contributed by atoms with Crippen LogP contribution in [0.5, 0.6) is 0 Å². The van der Waals surface area contributed by atoms with Gasteiger partial charge in [-0.1, -0.05) is 42.1 Å². The van der Waals surface area contributed by atoms with Gasteiger partial charge in [0.1, 0.15) is 27.1 Å². The molecule has 0 spiro atoms. The molecule has 0 saturated heterocycles. The number of rotatable bonds is 12. The second-order valence-electron chi connectivity index (χ2n) is 7.81. The van der Waals surface area contributed by atoms with Crippen LogP contribution in [0.4, 0.5) is 0 Å². The van der Waals surface area contributed by atoms with E-state index in [1.54, 1.807) is 22.6 Å². The fraction of sp³-hybridized carbons (Fsp3) is 0.478. The lowest BCUT2D eigenvalue weighted by atomic mass is 10.1. The van der Waals surface area contributed by atoms with E-state index in [0.29, 0.717) is 14.9 Å². The molecule has 1 unspecified atom stereocenters. The molecule has 0 aliphatic heterocycles. The third-order valence-electron chi connectivity index (χ3n) is 5.01. The number of unbranched alkanes of at least 4 members (excludes halogenated alkanes) is 3. The summed E-state index contributed by atoms with van der Waals surface area (Å²) < 4.78 is 17.0. The predicted molar refractivity (Wildman–Crippen MR) is 136 cm³/mol. The molecule has 0 radical (unpaired) electrons. The summed E-state index contributed by atoms with van der Waals surface area (Å²) >= 11 is 11.5. The van der Waals surface area contributed by atoms with Crippen molar-refractivity contribution in [3.8, 4) is 0 Å². The molecular formula is C23H33Cl2N5OS. The maximum absolute atomic E-state index is 13.3. The minimum absolute atomic E-state index is 0.426. The zero-order valence-corrected chi connectivity index (χ0v) is 21.8. The van der Waals surface area contributed by atoms with Gasteiger partial charge in [0.05, 0.1) is 19.1 Å². The minimum atomic E-state index is -1.56.